The highest BCUT2D eigenvalue weighted by molar-refractivity contribution is 7.89. The van der Waals surface area contributed by atoms with Crippen LogP contribution in [0, 0.1) is 0 Å². The van der Waals surface area contributed by atoms with E-state index in [4.69, 9.17) is 4.74 Å². The molecule has 1 aliphatic rings. The molecule has 0 radical (unpaired) electrons. The van der Waals surface area contributed by atoms with E-state index in [-0.39, 0.29) is 11.6 Å². The summed E-state index contributed by atoms with van der Waals surface area (Å²) in [5, 5.41) is 3.09. The van der Waals surface area contributed by atoms with Crippen molar-refractivity contribution in [3.63, 3.8) is 0 Å². The van der Waals surface area contributed by atoms with Gasteiger partial charge in [-0.1, -0.05) is 12.1 Å². The van der Waals surface area contributed by atoms with Crippen LogP contribution in [0.5, 0.6) is 0 Å². The smallest absolute Gasteiger partial charge is 0.242 e. The van der Waals surface area contributed by atoms with Crippen LogP contribution in [0.25, 0.3) is 0 Å². The SMILES string of the molecule is CCNc1ccccc1S(=O)(=O)NC1CCOC(C)(C)C1. The zero-order chi connectivity index (χ0) is 15.5. The van der Waals surface area contributed by atoms with Crippen LogP contribution in [0.4, 0.5) is 5.69 Å². The van der Waals surface area contributed by atoms with Crippen molar-refractivity contribution < 1.29 is 13.2 Å². The summed E-state index contributed by atoms with van der Waals surface area (Å²) in [7, 11) is -3.53. The summed E-state index contributed by atoms with van der Waals surface area (Å²) in [4.78, 5) is 0.302. The maximum atomic E-state index is 12.6. The van der Waals surface area contributed by atoms with Crippen LogP contribution in [-0.2, 0) is 14.8 Å². The molecule has 5 nitrogen and oxygen atoms in total. The van der Waals surface area contributed by atoms with Crippen LogP contribution in [0.1, 0.15) is 33.6 Å². The lowest BCUT2D eigenvalue weighted by Crippen LogP contribution is -2.45. The lowest BCUT2D eigenvalue weighted by atomic mass is 9.95. The Balaban J connectivity index is 2.19. The molecule has 0 aliphatic carbocycles. The number of sulfonamides is 1. The molecule has 21 heavy (non-hydrogen) atoms. The Morgan fingerprint density at radius 3 is 2.71 bits per heavy atom. The van der Waals surface area contributed by atoms with Crippen molar-refractivity contribution in [2.45, 2.75) is 50.2 Å². The normalized spacial score (nSPS) is 22.0. The molecular formula is C15H24N2O3S. The highest BCUT2D eigenvalue weighted by atomic mass is 32.2. The molecular weight excluding hydrogens is 288 g/mol. The van der Waals surface area contributed by atoms with E-state index in [0.29, 0.717) is 36.6 Å². The van der Waals surface area contributed by atoms with Crippen LogP contribution in [0.2, 0.25) is 0 Å². The number of hydrogen-bond donors (Lipinski definition) is 2. The first-order chi connectivity index (χ1) is 9.84. The van der Waals surface area contributed by atoms with Crippen LogP contribution in [0.3, 0.4) is 0 Å². The minimum absolute atomic E-state index is 0.0894. The van der Waals surface area contributed by atoms with Gasteiger partial charge >= 0.3 is 0 Å². The van der Waals surface area contributed by atoms with Gasteiger partial charge in [0.15, 0.2) is 0 Å². The number of rotatable bonds is 5. The first-order valence-electron chi connectivity index (χ1n) is 7.33. The molecule has 2 N–H and O–H groups in total. The second-order valence-corrected chi connectivity index (χ2v) is 7.63. The second kappa shape index (κ2) is 6.34. The minimum atomic E-state index is -3.53. The fraction of sp³-hybridized carbons (Fsp3) is 0.600. The molecule has 0 aromatic heterocycles. The van der Waals surface area contributed by atoms with Gasteiger partial charge in [-0.2, -0.15) is 0 Å². The van der Waals surface area contributed by atoms with E-state index in [1.165, 1.54) is 0 Å². The van der Waals surface area contributed by atoms with E-state index < -0.39 is 10.0 Å². The summed E-state index contributed by atoms with van der Waals surface area (Å²) in [6, 6.07) is 6.89. The highest BCUT2D eigenvalue weighted by Gasteiger charge is 2.32. The van der Waals surface area contributed by atoms with Crippen molar-refractivity contribution in [2.75, 3.05) is 18.5 Å². The van der Waals surface area contributed by atoms with Crippen molar-refractivity contribution in [1.29, 1.82) is 0 Å². The lowest BCUT2D eigenvalue weighted by molar-refractivity contribution is -0.0599. The van der Waals surface area contributed by atoms with Crippen LogP contribution in [-0.4, -0.2) is 33.2 Å². The average Bonchev–Trinajstić information content (AvgIpc) is 2.38. The van der Waals surface area contributed by atoms with Gasteiger partial charge in [0.2, 0.25) is 10.0 Å². The van der Waals surface area contributed by atoms with Gasteiger partial charge in [0.25, 0.3) is 0 Å². The van der Waals surface area contributed by atoms with E-state index in [2.05, 4.69) is 10.0 Å². The fourth-order valence-corrected chi connectivity index (χ4v) is 4.11. The molecule has 1 aromatic carbocycles. The van der Waals surface area contributed by atoms with Gasteiger partial charge in [-0.25, -0.2) is 13.1 Å². The summed E-state index contributed by atoms with van der Waals surface area (Å²) < 4.78 is 33.7. The van der Waals surface area contributed by atoms with Gasteiger partial charge in [0, 0.05) is 19.2 Å². The van der Waals surface area contributed by atoms with E-state index in [9.17, 15) is 8.42 Å². The van der Waals surface area contributed by atoms with Crippen LogP contribution < -0.4 is 10.0 Å². The van der Waals surface area contributed by atoms with E-state index in [1.807, 2.05) is 26.8 Å². The monoisotopic (exact) mass is 312 g/mol. The third kappa shape index (κ3) is 4.18. The molecule has 1 fully saturated rings. The van der Waals surface area contributed by atoms with Crippen molar-refractivity contribution in [3.05, 3.63) is 24.3 Å². The summed E-state index contributed by atoms with van der Waals surface area (Å²) in [6.07, 6.45) is 1.38. The lowest BCUT2D eigenvalue weighted by Gasteiger charge is -2.35. The Labute approximate surface area is 127 Å². The number of para-hydroxylation sites is 1. The summed E-state index contributed by atoms with van der Waals surface area (Å²) in [5.41, 5.74) is 0.353. The van der Waals surface area contributed by atoms with E-state index in [1.54, 1.807) is 18.2 Å². The molecule has 1 aliphatic heterocycles. The number of nitrogens with one attached hydrogen (secondary N) is 2. The fourth-order valence-electron chi connectivity index (χ4n) is 2.65. The van der Waals surface area contributed by atoms with Gasteiger partial charge < -0.3 is 10.1 Å². The van der Waals surface area contributed by atoms with Gasteiger partial charge in [-0.3, -0.25) is 0 Å². The number of benzene rings is 1. The number of anilines is 1. The maximum Gasteiger partial charge on any atom is 0.242 e. The predicted molar refractivity (Wildman–Crippen MR) is 84.0 cm³/mol. The van der Waals surface area contributed by atoms with Gasteiger partial charge in [0.1, 0.15) is 4.90 Å². The van der Waals surface area contributed by atoms with Crippen molar-refractivity contribution >= 4 is 15.7 Å². The van der Waals surface area contributed by atoms with Crippen molar-refractivity contribution in [1.82, 2.24) is 4.72 Å². The summed E-state index contributed by atoms with van der Waals surface area (Å²) >= 11 is 0. The Hall–Kier alpha value is -1.11. The Kier molecular flexibility index (Phi) is 4.91. The molecule has 2 rings (SSSR count). The standard InChI is InChI=1S/C15H24N2O3S/c1-4-16-13-7-5-6-8-14(13)21(18,19)17-12-9-10-20-15(2,3)11-12/h5-8,12,16-17H,4,9-11H2,1-3H3. The Bertz CT molecular complexity index is 584. The zero-order valence-electron chi connectivity index (χ0n) is 12.8. The van der Waals surface area contributed by atoms with E-state index in [0.717, 1.165) is 0 Å². The summed E-state index contributed by atoms with van der Waals surface area (Å²) in [5.74, 6) is 0. The summed E-state index contributed by atoms with van der Waals surface area (Å²) in [6.45, 7) is 7.17. The van der Waals surface area contributed by atoms with Crippen molar-refractivity contribution in [3.8, 4) is 0 Å². The Morgan fingerprint density at radius 1 is 1.33 bits per heavy atom. The molecule has 0 saturated carbocycles. The molecule has 0 bridgehead atoms. The molecule has 1 saturated heterocycles. The minimum Gasteiger partial charge on any atom is -0.384 e. The van der Waals surface area contributed by atoms with Crippen molar-refractivity contribution in [2.24, 2.45) is 0 Å². The molecule has 118 valence electrons. The quantitative estimate of drug-likeness (QED) is 0.876. The zero-order valence-corrected chi connectivity index (χ0v) is 13.7. The number of ether oxygens (including phenoxy) is 1. The van der Waals surface area contributed by atoms with Crippen LogP contribution >= 0.6 is 0 Å². The topological polar surface area (TPSA) is 67.4 Å². The first kappa shape index (κ1) is 16.3. The molecule has 0 spiro atoms. The van der Waals surface area contributed by atoms with Gasteiger partial charge in [0.05, 0.1) is 11.3 Å². The highest BCUT2D eigenvalue weighted by Crippen LogP contribution is 2.26. The molecule has 1 aromatic rings. The molecule has 1 atom stereocenters. The Morgan fingerprint density at radius 2 is 2.05 bits per heavy atom. The molecule has 0 amide bonds. The van der Waals surface area contributed by atoms with Crippen LogP contribution in [0.15, 0.2) is 29.2 Å². The average molecular weight is 312 g/mol. The molecule has 6 heteroatoms. The predicted octanol–water partition coefficient (Wildman–Crippen LogP) is 2.35. The first-order valence-corrected chi connectivity index (χ1v) is 8.81. The second-order valence-electron chi connectivity index (χ2n) is 5.95. The van der Waals surface area contributed by atoms with E-state index >= 15 is 0 Å². The molecule has 1 heterocycles. The third-order valence-electron chi connectivity index (χ3n) is 3.56. The maximum absolute atomic E-state index is 12.6. The third-order valence-corrected chi connectivity index (χ3v) is 5.14. The largest absolute Gasteiger partial charge is 0.384 e. The molecule has 1 unspecified atom stereocenters. The number of hydrogen-bond acceptors (Lipinski definition) is 4. The van der Waals surface area contributed by atoms with Gasteiger partial charge in [-0.15, -0.1) is 0 Å². The van der Waals surface area contributed by atoms with Gasteiger partial charge in [-0.05, 0) is 45.7 Å².